The van der Waals surface area contributed by atoms with E-state index in [1.807, 2.05) is 0 Å². The summed E-state index contributed by atoms with van der Waals surface area (Å²) >= 11 is 0.366. The molecule has 1 fully saturated rings. The minimum absolute atomic E-state index is 0. The number of benzene rings is 1. The van der Waals surface area contributed by atoms with Crippen LogP contribution in [0.1, 0.15) is 17.3 Å². The molecule has 2 N–H and O–H groups in total. The fraction of sp³-hybridized carbons (Fsp3) is 0.312. The molecule has 10 heteroatoms. The molecule has 3 unspecified atom stereocenters. The number of amides is 1. The molecule has 139 valence electrons. The number of hydrogen-bond acceptors (Lipinski definition) is 6. The van der Waals surface area contributed by atoms with Gasteiger partial charge in [0.15, 0.2) is 0 Å². The third-order valence-corrected chi connectivity index (χ3v) is 8.55. The van der Waals surface area contributed by atoms with Crippen LogP contribution in [-0.2, 0) is 38.9 Å². The monoisotopic (exact) mass is 607 g/mol. The number of ether oxygens (including phenoxy) is 1. The summed E-state index contributed by atoms with van der Waals surface area (Å²) in [6.07, 6.45) is 0. The predicted molar refractivity (Wildman–Crippen MR) is 101 cm³/mol. The zero-order chi connectivity index (χ0) is 17.9. The van der Waals surface area contributed by atoms with Crippen molar-refractivity contribution in [2.75, 3.05) is 6.61 Å². The van der Waals surface area contributed by atoms with Crippen molar-refractivity contribution in [3.05, 3.63) is 48.0 Å². The third kappa shape index (κ3) is 5.45. The maximum absolute atomic E-state index is 12.4. The van der Waals surface area contributed by atoms with Gasteiger partial charge in [0.2, 0.25) is 0 Å². The smallest absolute Gasteiger partial charge is 0.147 e. The molecule has 1 heterocycles. The van der Waals surface area contributed by atoms with E-state index in [1.54, 1.807) is 45.5 Å². The number of Topliss-reactive ketones (excluding diaryl/α,β-unsaturated/α-hetero) is 1. The molecule has 26 heavy (non-hydrogen) atoms. The van der Waals surface area contributed by atoms with Crippen molar-refractivity contribution in [2.45, 2.75) is 24.4 Å². The molecule has 0 saturated carbocycles. The summed E-state index contributed by atoms with van der Waals surface area (Å²) in [5.74, 6) is -1.25. The number of halogens is 2. The molecule has 0 spiro atoms. The number of nitrogens with zero attached hydrogens (tertiary/aromatic N) is 1. The molecule has 0 aromatic heterocycles. The number of rotatable bonds is 7. The minimum atomic E-state index is -0.901. The van der Waals surface area contributed by atoms with Crippen LogP contribution in [0.4, 0.5) is 0 Å². The molecule has 0 radical (unpaired) electrons. The van der Waals surface area contributed by atoms with Gasteiger partial charge in [-0.15, -0.1) is 24.8 Å². The average molecular weight is 607 g/mol. The molecule has 6 nitrogen and oxygen atoms in total. The summed E-state index contributed by atoms with van der Waals surface area (Å²) in [5.41, 5.74) is 6.74. The van der Waals surface area contributed by atoms with E-state index in [9.17, 15) is 14.4 Å². The second kappa shape index (κ2) is 11.3. The summed E-state index contributed by atoms with van der Waals surface area (Å²) in [4.78, 5) is 37.9. The fourth-order valence-electron chi connectivity index (χ4n) is 2.44. The molecule has 1 aliphatic heterocycles. The number of carbonyl (C=O) groups is 3. The number of ketones is 1. The second-order valence-corrected chi connectivity index (χ2v) is 10.2. The maximum atomic E-state index is 12.4. The maximum Gasteiger partial charge on any atom is -0.147 e. The Kier molecular flexibility index (Phi) is 11.0. The third-order valence-electron chi connectivity index (χ3n) is 3.70. The first-order chi connectivity index (χ1) is 11.4. The van der Waals surface area contributed by atoms with E-state index < -0.39 is 18.1 Å². The zero-order valence-electron chi connectivity index (χ0n) is 14.1. The van der Waals surface area contributed by atoms with E-state index in [0.717, 1.165) is 0 Å². The first kappa shape index (κ1) is 25.4. The molecule has 2 rings (SSSR count). The number of carbonyl (C=O) groups excluding carboxylic acids is 3. The Bertz CT molecular complexity index is 677. The van der Waals surface area contributed by atoms with Crippen LogP contribution in [0.3, 0.4) is 0 Å². The van der Waals surface area contributed by atoms with Gasteiger partial charge in [0.1, 0.15) is 0 Å². The first-order valence-electron chi connectivity index (χ1n) is 7.27. The van der Waals surface area contributed by atoms with Crippen LogP contribution in [0.25, 0.3) is 0 Å². The van der Waals surface area contributed by atoms with Crippen molar-refractivity contribution in [1.82, 2.24) is 4.90 Å². The summed E-state index contributed by atoms with van der Waals surface area (Å²) < 4.78 is 5.14. The van der Waals surface area contributed by atoms with Gasteiger partial charge < -0.3 is 0 Å². The van der Waals surface area contributed by atoms with Gasteiger partial charge >= 0.3 is 159 Å². The van der Waals surface area contributed by atoms with Gasteiger partial charge in [-0.05, 0) is 0 Å². The van der Waals surface area contributed by atoms with Crippen molar-refractivity contribution in [3.8, 4) is 0 Å². The van der Waals surface area contributed by atoms with Crippen molar-refractivity contribution in [1.29, 1.82) is 0 Å². The van der Waals surface area contributed by atoms with E-state index in [1.165, 1.54) is 4.90 Å². The normalized spacial score (nSPS) is 19.4. The first-order valence-corrected chi connectivity index (χ1v) is 15.1. The Morgan fingerprint density at radius 1 is 1.35 bits per heavy atom. The van der Waals surface area contributed by atoms with Crippen molar-refractivity contribution in [3.63, 3.8) is 0 Å². The molecule has 1 amide bonds. The predicted octanol–water partition coefficient (Wildman–Crippen LogP) is 1.89. The Morgan fingerprint density at radius 2 is 1.92 bits per heavy atom. The van der Waals surface area contributed by atoms with E-state index in [2.05, 4.69) is 6.58 Å². The standard InChI is InChI=1S/C16H18N2O4S.2ClH.Hg/c1-9(2)13(18-14(20)12(17)15(18)23)16(21)22-8-11(19)10-6-4-3-5-7-10;;;/h3-7,12-13,15,23H,1,8,17H2,2H3;2*1H;/q;;;+1/p-1. The van der Waals surface area contributed by atoms with Crippen LogP contribution in [0.15, 0.2) is 42.5 Å². The Morgan fingerprint density at radius 3 is 2.42 bits per heavy atom. The van der Waals surface area contributed by atoms with Gasteiger partial charge in [0, 0.05) is 0 Å². The summed E-state index contributed by atoms with van der Waals surface area (Å²) in [6, 6.07) is 7.09. The summed E-state index contributed by atoms with van der Waals surface area (Å²) in [7, 11) is 1.57. The number of esters is 1. The molecule has 3 atom stereocenters. The van der Waals surface area contributed by atoms with E-state index in [4.69, 9.17) is 10.5 Å². The van der Waals surface area contributed by atoms with Crippen LogP contribution >= 0.6 is 33.1 Å². The largest absolute Gasteiger partial charge is 0.147 e. The molecule has 1 aromatic rings. The van der Waals surface area contributed by atoms with Gasteiger partial charge in [-0.2, -0.15) is 0 Å². The van der Waals surface area contributed by atoms with Crippen LogP contribution in [0.5, 0.6) is 0 Å². The molecule has 0 aliphatic carbocycles. The van der Waals surface area contributed by atoms with Crippen LogP contribution < -0.4 is 5.73 Å². The summed E-state index contributed by atoms with van der Waals surface area (Å²) in [5, 5.41) is -0.222. The molecule has 1 aliphatic rings. The molecule has 1 saturated heterocycles. The SMILES string of the molecule is C=C(C)C(C(=O)OCC(=O)c1ccccc1)N1C(=O)C(N)C1[S][Hg].Cl.Cl. The van der Waals surface area contributed by atoms with Crippen LogP contribution in [0.2, 0.25) is 0 Å². The number of nitrogens with two attached hydrogens (primary N) is 1. The number of likely N-dealkylation sites (tertiary alicyclic amines) is 1. The van der Waals surface area contributed by atoms with Crippen molar-refractivity contribution >= 4 is 50.7 Å². The van der Waals surface area contributed by atoms with Gasteiger partial charge in [0.05, 0.1) is 0 Å². The molecular weight excluding hydrogens is 588 g/mol. The van der Waals surface area contributed by atoms with Gasteiger partial charge in [-0.3, -0.25) is 0 Å². The molecule has 1 aromatic carbocycles. The van der Waals surface area contributed by atoms with Gasteiger partial charge in [0.25, 0.3) is 0 Å². The number of hydrogen-bond donors (Lipinski definition) is 1. The quantitative estimate of drug-likeness (QED) is 0.168. The minimum Gasteiger partial charge on any atom is -0.147 e. The van der Waals surface area contributed by atoms with E-state index in [0.29, 0.717) is 35.7 Å². The van der Waals surface area contributed by atoms with Crippen LogP contribution in [0, 0.1) is 0 Å². The topological polar surface area (TPSA) is 89.7 Å². The molecular formula is C16H19Cl2HgN2O4S. The van der Waals surface area contributed by atoms with Crippen molar-refractivity contribution in [2.24, 2.45) is 5.73 Å². The van der Waals surface area contributed by atoms with E-state index in [-0.39, 0.29) is 48.5 Å². The number of β-lactam (4-membered cyclic amide) rings is 1. The molecule has 0 bridgehead atoms. The Balaban J connectivity index is 0.00000312. The Labute approximate surface area is 183 Å². The Hall–Kier alpha value is -0.605. The van der Waals surface area contributed by atoms with Crippen LogP contribution in [-0.4, -0.2) is 46.6 Å². The van der Waals surface area contributed by atoms with E-state index >= 15 is 0 Å². The summed E-state index contributed by atoms with van der Waals surface area (Å²) in [6.45, 7) is 5.06. The van der Waals surface area contributed by atoms with Crippen molar-refractivity contribution < 1.29 is 43.7 Å². The van der Waals surface area contributed by atoms with Gasteiger partial charge in [-0.25, -0.2) is 0 Å². The fourth-order valence-corrected chi connectivity index (χ4v) is 7.44. The van der Waals surface area contributed by atoms with Gasteiger partial charge in [-0.1, -0.05) is 0 Å². The zero-order valence-corrected chi connectivity index (χ0v) is 22.1. The average Bonchev–Trinajstić information content (AvgIpc) is 2.59. The second-order valence-electron chi connectivity index (χ2n) is 5.47.